The van der Waals surface area contributed by atoms with E-state index in [-0.39, 0.29) is 5.91 Å². The number of ether oxygens (including phenoxy) is 2. The maximum Gasteiger partial charge on any atom is 0.256 e. The lowest BCUT2D eigenvalue weighted by Gasteiger charge is -2.18. The first-order chi connectivity index (χ1) is 12.2. The van der Waals surface area contributed by atoms with Crippen LogP contribution in [-0.2, 0) is 0 Å². The quantitative estimate of drug-likeness (QED) is 0.743. The van der Waals surface area contributed by atoms with E-state index in [9.17, 15) is 4.79 Å². The molecule has 0 spiro atoms. The predicted molar refractivity (Wildman–Crippen MR) is 94.0 cm³/mol. The fourth-order valence-electron chi connectivity index (χ4n) is 2.62. The molecule has 0 fully saturated rings. The highest BCUT2D eigenvalue weighted by Crippen LogP contribution is 2.27. The van der Waals surface area contributed by atoms with Gasteiger partial charge in [0.05, 0.1) is 26.0 Å². The number of nitrogens with one attached hydrogen (secondary N) is 1. The molecule has 5 nitrogen and oxygen atoms in total. The van der Waals surface area contributed by atoms with E-state index < -0.39 is 6.04 Å². The second-order valence-electron chi connectivity index (χ2n) is 5.40. The summed E-state index contributed by atoms with van der Waals surface area (Å²) >= 11 is 0. The molecule has 0 aliphatic heterocycles. The summed E-state index contributed by atoms with van der Waals surface area (Å²) < 4.78 is 16.0. The Hall–Kier alpha value is -3.21. The van der Waals surface area contributed by atoms with Crippen LogP contribution in [0.3, 0.4) is 0 Å². The van der Waals surface area contributed by atoms with Gasteiger partial charge in [-0.1, -0.05) is 30.3 Å². The average molecular weight is 337 g/mol. The fraction of sp³-hybridized carbons (Fsp3) is 0.150. The number of hydrogen-bond donors (Lipinski definition) is 1. The van der Waals surface area contributed by atoms with Crippen LogP contribution in [-0.4, -0.2) is 20.1 Å². The molecule has 128 valence electrons. The summed E-state index contributed by atoms with van der Waals surface area (Å²) in [5.74, 6) is 1.44. The third-order valence-electron chi connectivity index (χ3n) is 3.89. The highest BCUT2D eigenvalue weighted by molar-refractivity contribution is 5.97. The normalized spacial score (nSPS) is 11.6. The first-order valence-electron chi connectivity index (χ1n) is 7.84. The molecule has 5 heteroatoms. The molecule has 0 saturated heterocycles. The van der Waals surface area contributed by atoms with Crippen LogP contribution in [0, 0.1) is 0 Å². The van der Waals surface area contributed by atoms with Gasteiger partial charge in [-0.05, 0) is 35.9 Å². The molecule has 1 heterocycles. The number of rotatable bonds is 6. The largest absolute Gasteiger partial charge is 0.497 e. The van der Waals surface area contributed by atoms with Gasteiger partial charge in [-0.2, -0.15) is 0 Å². The molecule has 1 N–H and O–H groups in total. The van der Waals surface area contributed by atoms with Crippen molar-refractivity contribution in [3.63, 3.8) is 0 Å². The number of hydrogen-bond acceptors (Lipinski definition) is 4. The highest BCUT2D eigenvalue weighted by atomic mass is 16.5. The average Bonchev–Trinajstić information content (AvgIpc) is 3.20. The molecule has 0 aliphatic rings. The highest BCUT2D eigenvalue weighted by Gasteiger charge is 2.22. The van der Waals surface area contributed by atoms with Crippen molar-refractivity contribution in [2.45, 2.75) is 6.04 Å². The van der Waals surface area contributed by atoms with Gasteiger partial charge in [-0.3, -0.25) is 4.79 Å². The van der Waals surface area contributed by atoms with Gasteiger partial charge in [0.15, 0.2) is 0 Å². The Kier molecular flexibility index (Phi) is 5.04. The number of amides is 1. The van der Waals surface area contributed by atoms with E-state index in [4.69, 9.17) is 13.9 Å². The van der Waals surface area contributed by atoms with Crippen molar-refractivity contribution in [1.82, 2.24) is 5.32 Å². The summed E-state index contributed by atoms with van der Waals surface area (Å²) in [7, 11) is 3.08. The van der Waals surface area contributed by atoms with Crippen molar-refractivity contribution < 1.29 is 18.7 Å². The Morgan fingerprint density at radius 3 is 2.44 bits per heavy atom. The molecule has 3 rings (SSSR count). The Bertz CT molecular complexity index is 828. The van der Waals surface area contributed by atoms with Gasteiger partial charge < -0.3 is 19.2 Å². The van der Waals surface area contributed by atoms with Crippen LogP contribution < -0.4 is 14.8 Å². The van der Waals surface area contributed by atoms with Crippen molar-refractivity contribution in [1.29, 1.82) is 0 Å². The van der Waals surface area contributed by atoms with Gasteiger partial charge in [-0.25, -0.2) is 0 Å². The second-order valence-corrected chi connectivity index (χ2v) is 5.40. The maximum atomic E-state index is 12.9. The minimum Gasteiger partial charge on any atom is -0.497 e. The number of methoxy groups -OCH3 is 2. The number of carbonyl (C=O) groups is 1. The summed E-state index contributed by atoms with van der Waals surface area (Å²) in [5, 5.41) is 3.01. The van der Waals surface area contributed by atoms with Crippen molar-refractivity contribution in [2.24, 2.45) is 0 Å². The van der Waals surface area contributed by atoms with E-state index in [0.29, 0.717) is 22.8 Å². The van der Waals surface area contributed by atoms with Crippen LogP contribution in [0.1, 0.15) is 27.7 Å². The Morgan fingerprint density at radius 1 is 1.00 bits per heavy atom. The van der Waals surface area contributed by atoms with Crippen molar-refractivity contribution in [2.75, 3.05) is 14.2 Å². The second kappa shape index (κ2) is 7.57. The molecule has 0 bridgehead atoms. The van der Waals surface area contributed by atoms with Crippen LogP contribution in [0.25, 0.3) is 0 Å². The fourth-order valence-corrected chi connectivity index (χ4v) is 2.62. The van der Waals surface area contributed by atoms with E-state index in [0.717, 1.165) is 5.56 Å². The van der Waals surface area contributed by atoms with Crippen LogP contribution in [0.5, 0.6) is 11.5 Å². The Morgan fingerprint density at radius 2 is 1.80 bits per heavy atom. The molecule has 0 radical (unpaired) electrons. The zero-order chi connectivity index (χ0) is 17.6. The minimum absolute atomic E-state index is 0.277. The first-order valence-corrected chi connectivity index (χ1v) is 7.84. The summed E-state index contributed by atoms with van der Waals surface area (Å²) in [4.78, 5) is 12.9. The summed E-state index contributed by atoms with van der Waals surface area (Å²) in [6.45, 7) is 0. The molecule has 1 aromatic heterocycles. The SMILES string of the molecule is COc1ccc(OC)c(C(=O)NC(c2ccccc2)c2ccco2)c1. The van der Waals surface area contributed by atoms with Gasteiger partial charge in [0.1, 0.15) is 23.3 Å². The van der Waals surface area contributed by atoms with Crippen molar-refractivity contribution in [3.05, 3.63) is 83.8 Å². The van der Waals surface area contributed by atoms with Crippen LogP contribution in [0.4, 0.5) is 0 Å². The van der Waals surface area contributed by atoms with Crippen LogP contribution in [0.2, 0.25) is 0 Å². The van der Waals surface area contributed by atoms with Crippen LogP contribution >= 0.6 is 0 Å². The topological polar surface area (TPSA) is 60.7 Å². The lowest BCUT2D eigenvalue weighted by molar-refractivity contribution is 0.0935. The van der Waals surface area contributed by atoms with E-state index in [1.54, 1.807) is 37.6 Å². The number of carbonyl (C=O) groups excluding carboxylic acids is 1. The van der Waals surface area contributed by atoms with Crippen molar-refractivity contribution >= 4 is 5.91 Å². The lowest BCUT2D eigenvalue weighted by Crippen LogP contribution is -2.29. The molecule has 2 aromatic carbocycles. The Labute approximate surface area is 146 Å². The summed E-state index contributed by atoms with van der Waals surface area (Å²) in [5.41, 5.74) is 1.32. The molecule has 1 unspecified atom stereocenters. The number of benzene rings is 2. The van der Waals surface area contributed by atoms with Gasteiger partial charge in [0.2, 0.25) is 0 Å². The molecule has 1 amide bonds. The smallest absolute Gasteiger partial charge is 0.256 e. The molecule has 3 aromatic rings. The predicted octanol–water partition coefficient (Wildman–Crippen LogP) is 3.82. The molecule has 0 aliphatic carbocycles. The zero-order valence-electron chi connectivity index (χ0n) is 14.1. The molecular weight excluding hydrogens is 318 g/mol. The van der Waals surface area contributed by atoms with Gasteiger partial charge in [-0.15, -0.1) is 0 Å². The van der Waals surface area contributed by atoms with E-state index in [1.165, 1.54) is 7.11 Å². The molecular formula is C20H19NO4. The van der Waals surface area contributed by atoms with E-state index in [2.05, 4.69) is 5.32 Å². The number of furan rings is 1. The van der Waals surface area contributed by atoms with Gasteiger partial charge in [0, 0.05) is 0 Å². The third kappa shape index (κ3) is 3.66. The van der Waals surface area contributed by atoms with E-state index >= 15 is 0 Å². The third-order valence-corrected chi connectivity index (χ3v) is 3.89. The monoisotopic (exact) mass is 337 g/mol. The summed E-state index contributed by atoms with van der Waals surface area (Å²) in [6, 6.07) is 18.0. The van der Waals surface area contributed by atoms with Gasteiger partial charge in [0.25, 0.3) is 5.91 Å². The first kappa shape index (κ1) is 16.6. The Balaban J connectivity index is 1.94. The van der Waals surface area contributed by atoms with Crippen LogP contribution in [0.15, 0.2) is 71.3 Å². The maximum absolute atomic E-state index is 12.9. The minimum atomic E-state index is -0.403. The van der Waals surface area contributed by atoms with Gasteiger partial charge >= 0.3 is 0 Å². The van der Waals surface area contributed by atoms with E-state index in [1.807, 2.05) is 36.4 Å². The molecule has 1 atom stereocenters. The zero-order valence-corrected chi connectivity index (χ0v) is 14.1. The lowest BCUT2D eigenvalue weighted by atomic mass is 10.0. The van der Waals surface area contributed by atoms with Crippen molar-refractivity contribution in [3.8, 4) is 11.5 Å². The standard InChI is InChI=1S/C20H19NO4/c1-23-15-10-11-17(24-2)16(13-15)20(22)21-19(18-9-6-12-25-18)14-7-4-3-5-8-14/h3-13,19H,1-2H3,(H,21,22). The summed E-state index contributed by atoms with van der Waals surface area (Å²) in [6.07, 6.45) is 1.59. The molecule has 25 heavy (non-hydrogen) atoms. The molecule has 0 saturated carbocycles.